The largest absolute Gasteiger partial charge is 0.356 e. The molecule has 0 saturated carbocycles. The maximum Gasteiger partial charge on any atom is 0.220 e. The van der Waals surface area contributed by atoms with Crippen molar-refractivity contribution >= 4 is 17.1 Å². The van der Waals surface area contributed by atoms with E-state index in [9.17, 15) is 4.79 Å². The zero-order chi connectivity index (χ0) is 17.9. The number of aryl methyl sites for hydroxylation is 1. The molecule has 132 valence electrons. The van der Waals surface area contributed by atoms with Crippen molar-refractivity contribution in [2.45, 2.75) is 26.2 Å². The first-order chi connectivity index (χ1) is 12.8. The molecule has 0 atom stereocenters. The summed E-state index contributed by atoms with van der Waals surface area (Å²) in [5.74, 6) is 0.817. The third-order valence-corrected chi connectivity index (χ3v) is 4.31. The molecule has 1 amide bonds. The molecule has 4 rings (SSSR count). The van der Waals surface area contributed by atoms with Gasteiger partial charge in [-0.2, -0.15) is 5.10 Å². The lowest BCUT2D eigenvalue weighted by Gasteiger charge is -2.03. The van der Waals surface area contributed by atoms with Crippen molar-refractivity contribution in [2.75, 3.05) is 6.54 Å². The maximum absolute atomic E-state index is 11.8. The lowest BCUT2D eigenvalue weighted by Crippen LogP contribution is -2.24. The van der Waals surface area contributed by atoms with E-state index in [2.05, 4.69) is 20.6 Å². The second-order valence-electron chi connectivity index (χ2n) is 6.18. The number of fused-ring (bicyclic) bond motifs is 3. The monoisotopic (exact) mass is 348 g/mol. The Kier molecular flexibility index (Phi) is 4.35. The highest BCUT2D eigenvalue weighted by molar-refractivity contribution is 5.77. The smallest absolute Gasteiger partial charge is 0.220 e. The molecule has 1 N–H and O–H groups in total. The first kappa shape index (κ1) is 16.3. The first-order valence-electron chi connectivity index (χ1n) is 8.80. The fourth-order valence-electron chi connectivity index (χ4n) is 2.96. The van der Waals surface area contributed by atoms with Gasteiger partial charge in [-0.25, -0.2) is 4.52 Å². The molecule has 3 aromatic heterocycles. The van der Waals surface area contributed by atoms with Gasteiger partial charge in [-0.05, 0) is 12.5 Å². The predicted molar refractivity (Wildman–Crippen MR) is 98.8 cm³/mol. The van der Waals surface area contributed by atoms with Gasteiger partial charge in [0.1, 0.15) is 11.3 Å². The van der Waals surface area contributed by atoms with Gasteiger partial charge >= 0.3 is 0 Å². The van der Waals surface area contributed by atoms with Crippen molar-refractivity contribution in [1.29, 1.82) is 0 Å². The van der Waals surface area contributed by atoms with E-state index in [1.807, 2.05) is 64.6 Å². The van der Waals surface area contributed by atoms with Crippen LogP contribution in [0.5, 0.6) is 0 Å². The second-order valence-corrected chi connectivity index (χ2v) is 6.18. The van der Waals surface area contributed by atoms with Gasteiger partial charge in [-0.3, -0.25) is 9.20 Å². The highest BCUT2D eigenvalue weighted by atomic mass is 16.1. The number of nitrogens with zero attached hydrogens (tertiary/aromatic N) is 5. The number of carbonyl (C=O) groups excluding carboxylic acids is 1. The lowest BCUT2D eigenvalue weighted by atomic mass is 10.1. The number of amides is 1. The molecule has 3 heterocycles. The highest BCUT2D eigenvalue weighted by Gasteiger charge is 2.13. The fourth-order valence-corrected chi connectivity index (χ4v) is 2.96. The summed E-state index contributed by atoms with van der Waals surface area (Å²) in [6.45, 7) is 2.74. The molecule has 7 heteroatoms. The molecule has 0 aliphatic rings. The van der Waals surface area contributed by atoms with Gasteiger partial charge in [0, 0.05) is 37.3 Å². The van der Waals surface area contributed by atoms with Crippen LogP contribution in [0.15, 0.2) is 48.8 Å². The van der Waals surface area contributed by atoms with Crippen LogP contribution in [0, 0.1) is 0 Å². The molecule has 0 unspecified atom stereocenters. The minimum Gasteiger partial charge on any atom is -0.356 e. The SMILES string of the molecule is CCCNC(=O)CCc1nnc2c3cc(-c4ccccc4)nn3ccn12. The van der Waals surface area contributed by atoms with E-state index in [4.69, 9.17) is 0 Å². The Morgan fingerprint density at radius 1 is 1.15 bits per heavy atom. The summed E-state index contributed by atoms with van der Waals surface area (Å²) in [4.78, 5) is 11.8. The Balaban J connectivity index is 1.63. The molecule has 0 spiro atoms. The number of aromatic nitrogens is 5. The van der Waals surface area contributed by atoms with E-state index in [1.165, 1.54) is 0 Å². The van der Waals surface area contributed by atoms with Crippen LogP contribution in [0.25, 0.3) is 22.4 Å². The van der Waals surface area contributed by atoms with Crippen molar-refractivity contribution in [3.8, 4) is 11.3 Å². The Hall–Kier alpha value is -3.22. The molecule has 0 fully saturated rings. The van der Waals surface area contributed by atoms with E-state index in [0.29, 0.717) is 19.4 Å². The van der Waals surface area contributed by atoms with E-state index < -0.39 is 0 Å². The molecular formula is C19H20N6O. The molecule has 26 heavy (non-hydrogen) atoms. The quantitative estimate of drug-likeness (QED) is 0.581. The van der Waals surface area contributed by atoms with Gasteiger partial charge in [0.05, 0.1) is 5.69 Å². The third-order valence-electron chi connectivity index (χ3n) is 4.31. The average molecular weight is 348 g/mol. The van der Waals surface area contributed by atoms with Crippen LogP contribution in [0.3, 0.4) is 0 Å². The standard InChI is InChI=1S/C19H20N6O/c1-2-10-20-18(26)9-8-17-21-22-19-16-13-15(14-6-4-3-5-7-14)23-25(16)12-11-24(17)19/h3-7,11-13H,2,8-10H2,1H3,(H,20,26). The molecule has 0 bridgehead atoms. The van der Waals surface area contributed by atoms with Crippen LogP contribution < -0.4 is 5.32 Å². The Morgan fingerprint density at radius 3 is 2.81 bits per heavy atom. The van der Waals surface area contributed by atoms with Crippen molar-refractivity contribution in [3.05, 3.63) is 54.6 Å². The summed E-state index contributed by atoms with van der Waals surface area (Å²) >= 11 is 0. The van der Waals surface area contributed by atoms with E-state index >= 15 is 0 Å². The zero-order valence-electron chi connectivity index (χ0n) is 14.6. The molecule has 0 radical (unpaired) electrons. The number of rotatable bonds is 6. The number of hydrogen-bond donors (Lipinski definition) is 1. The molecule has 7 nitrogen and oxygen atoms in total. The summed E-state index contributed by atoms with van der Waals surface area (Å²) < 4.78 is 3.74. The summed E-state index contributed by atoms with van der Waals surface area (Å²) in [6, 6.07) is 12.0. The van der Waals surface area contributed by atoms with Crippen LogP contribution in [0.2, 0.25) is 0 Å². The number of hydrogen-bond acceptors (Lipinski definition) is 4. The van der Waals surface area contributed by atoms with E-state index in [1.54, 1.807) is 0 Å². The van der Waals surface area contributed by atoms with Gasteiger partial charge in [0.2, 0.25) is 5.91 Å². The number of benzene rings is 1. The van der Waals surface area contributed by atoms with Crippen LogP contribution in [0.1, 0.15) is 25.6 Å². The van der Waals surface area contributed by atoms with Gasteiger partial charge in [-0.1, -0.05) is 37.3 Å². The van der Waals surface area contributed by atoms with Crippen molar-refractivity contribution in [1.82, 2.24) is 29.5 Å². The summed E-state index contributed by atoms with van der Waals surface area (Å²) in [7, 11) is 0. The summed E-state index contributed by atoms with van der Waals surface area (Å²) in [5, 5.41) is 16.1. The molecule has 0 saturated heterocycles. The van der Waals surface area contributed by atoms with E-state index in [-0.39, 0.29) is 5.91 Å². The molecular weight excluding hydrogens is 328 g/mol. The second kappa shape index (κ2) is 6.95. The van der Waals surface area contributed by atoms with Crippen LogP contribution in [-0.4, -0.2) is 36.7 Å². The highest BCUT2D eigenvalue weighted by Crippen LogP contribution is 2.21. The summed E-state index contributed by atoms with van der Waals surface area (Å²) in [6.07, 6.45) is 5.66. The minimum atomic E-state index is 0.0420. The van der Waals surface area contributed by atoms with Gasteiger partial charge in [-0.15, -0.1) is 10.2 Å². The van der Waals surface area contributed by atoms with Crippen molar-refractivity contribution in [3.63, 3.8) is 0 Å². The van der Waals surface area contributed by atoms with Crippen LogP contribution >= 0.6 is 0 Å². The Labute approximate surface area is 150 Å². The van der Waals surface area contributed by atoms with Gasteiger partial charge < -0.3 is 5.32 Å². The van der Waals surface area contributed by atoms with Gasteiger partial charge in [0.25, 0.3) is 0 Å². The third kappa shape index (κ3) is 3.03. The Bertz CT molecular complexity index is 1050. The lowest BCUT2D eigenvalue weighted by molar-refractivity contribution is -0.121. The normalized spacial score (nSPS) is 11.3. The zero-order valence-corrected chi connectivity index (χ0v) is 14.6. The first-order valence-corrected chi connectivity index (χ1v) is 8.80. The van der Waals surface area contributed by atoms with Crippen LogP contribution in [-0.2, 0) is 11.2 Å². The van der Waals surface area contributed by atoms with Crippen LogP contribution in [0.4, 0.5) is 0 Å². The topological polar surface area (TPSA) is 76.6 Å². The summed E-state index contributed by atoms with van der Waals surface area (Å²) in [5.41, 5.74) is 3.58. The number of carbonyl (C=O) groups is 1. The van der Waals surface area contributed by atoms with E-state index in [0.717, 1.165) is 34.7 Å². The minimum absolute atomic E-state index is 0.0420. The van der Waals surface area contributed by atoms with Crippen molar-refractivity contribution < 1.29 is 4.79 Å². The van der Waals surface area contributed by atoms with Gasteiger partial charge in [0.15, 0.2) is 5.65 Å². The molecule has 0 aliphatic carbocycles. The molecule has 4 aromatic rings. The Morgan fingerprint density at radius 2 is 2.00 bits per heavy atom. The van der Waals surface area contributed by atoms with Crippen molar-refractivity contribution in [2.24, 2.45) is 0 Å². The predicted octanol–water partition coefficient (Wildman–Crippen LogP) is 2.50. The fraction of sp³-hybridized carbons (Fsp3) is 0.263. The average Bonchev–Trinajstić information content (AvgIpc) is 3.29. The maximum atomic E-state index is 11.8. The molecule has 1 aromatic carbocycles. The molecule has 0 aliphatic heterocycles. The number of nitrogens with one attached hydrogen (secondary N) is 1.